The van der Waals surface area contributed by atoms with Gasteiger partial charge in [-0.1, -0.05) is 36.4 Å². The van der Waals surface area contributed by atoms with Gasteiger partial charge in [0.15, 0.2) is 0 Å². The molecule has 0 saturated heterocycles. The highest BCUT2D eigenvalue weighted by Gasteiger charge is 2.20. The summed E-state index contributed by atoms with van der Waals surface area (Å²) in [6, 6.07) is 25.2. The molecule has 0 aliphatic heterocycles. The summed E-state index contributed by atoms with van der Waals surface area (Å²) < 4.78 is 6.98. The Kier molecular flexibility index (Phi) is 6.22. The van der Waals surface area contributed by atoms with Gasteiger partial charge in [-0.3, -0.25) is 4.90 Å². The van der Waals surface area contributed by atoms with Crippen molar-refractivity contribution in [1.29, 1.82) is 0 Å². The summed E-state index contributed by atoms with van der Waals surface area (Å²) in [6.07, 6.45) is 0. The van der Waals surface area contributed by atoms with Crippen LogP contribution >= 0.6 is 0 Å². The lowest BCUT2D eigenvalue weighted by Crippen LogP contribution is -2.27. The van der Waals surface area contributed by atoms with Gasteiger partial charge in [0.05, 0.1) is 52.7 Å². The molecule has 0 N–H and O–H groups in total. The molecule has 0 radical (unpaired) electrons. The lowest BCUT2D eigenvalue weighted by Gasteiger charge is -2.23. The van der Waals surface area contributed by atoms with Gasteiger partial charge in [-0.2, -0.15) is 0 Å². The van der Waals surface area contributed by atoms with E-state index in [1.165, 1.54) is 16.6 Å². The smallest absolute Gasteiger partial charge is 0.124 e. The minimum absolute atomic E-state index is 0.711. The first-order valence-electron chi connectivity index (χ1n) is 13.2. The second-order valence-corrected chi connectivity index (χ2v) is 9.43. The number of aryl methyl sites for hydroxylation is 3. The van der Waals surface area contributed by atoms with Crippen LogP contribution in [0.1, 0.15) is 38.2 Å². The van der Waals surface area contributed by atoms with E-state index in [0.29, 0.717) is 19.6 Å². The molecular weight excluding hydrogens is 458 g/mol. The molecule has 37 heavy (non-hydrogen) atoms. The Bertz CT molecular complexity index is 1490. The summed E-state index contributed by atoms with van der Waals surface area (Å²) in [5.41, 5.74) is 6.67. The second kappa shape index (κ2) is 9.82. The maximum atomic E-state index is 5.04. The Morgan fingerprint density at radius 3 is 1.08 bits per heavy atom. The predicted molar refractivity (Wildman–Crippen MR) is 149 cm³/mol. The van der Waals surface area contributed by atoms with Crippen LogP contribution in [0.15, 0.2) is 72.8 Å². The van der Waals surface area contributed by atoms with Gasteiger partial charge < -0.3 is 13.7 Å². The number of hydrogen-bond acceptors (Lipinski definition) is 4. The molecule has 7 nitrogen and oxygen atoms in total. The molecule has 3 heterocycles. The third-order valence-electron chi connectivity index (χ3n) is 7.24. The molecular formula is C30H33N7. The monoisotopic (exact) mass is 491 g/mol. The van der Waals surface area contributed by atoms with Crippen LogP contribution < -0.4 is 0 Å². The average molecular weight is 492 g/mol. The van der Waals surface area contributed by atoms with E-state index in [0.717, 1.165) is 53.7 Å². The highest BCUT2D eigenvalue weighted by Crippen LogP contribution is 2.23. The zero-order valence-corrected chi connectivity index (χ0v) is 21.8. The summed E-state index contributed by atoms with van der Waals surface area (Å²) >= 11 is 0. The highest BCUT2D eigenvalue weighted by atomic mass is 15.2. The summed E-state index contributed by atoms with van der Waals surface area (Å²) in [4.78, 5) is 17.6. The van der Waals surface area contributed by atoms with Crippen molar-refractivity contribution in [1.82, 2.24) is 33.6 Å². The van der Waals surface area contributed by atoms with Gasteiger partial charge in [-0.25, -0.2) is 15.0 Å². The van der Waals surface area contributed by atoms with E-state index in [1.807, 2.05) is 0 Å². The van der Waals surface area contributed by atoms with Crippen molar-refractivity contribution in [2.75, 3.05) is 0 Å². The number of hydrogen-bond donors (Lipinski definition) is 0. The fraction of sp³-hybridized carbons (Fsp3) is 0.300. The van der Waals surface area contributed by atoms with Gasteiger partial charge in [-0.15, -0.1) is 0 Å². The molecule has 7 heteroatoms. The number of benzene rings is 3. The van der Waals surface area contributed by atoms with E-state index < -0.39 is 0 Å². The normalized spacial score (nSPS) is 12.0. The van der Waals surface area contributed by atoms with Crippen LogP contribution in [0, 0.1) is 0 Å². The number of fused-ring (bicyclic) bond motifs is 3. The molecule has 0 aliphatic rings. The Labute approximate surface area is 217 Å². The number of rotatable bonds is 9. The van der Waals surface area contributed by atoms with Crippen LogP contribution in [0.25, 0.3) is 33.1 Å². The first-order valence-corrected chi connectivity index (χ1v) is 13.2. The lowest BCUT2D eigenvalue weighted by molar-refractivity contribution is 0.221. The molecule has 6 aromatic rings. The molecule has 0 amide bonds. The van der Waals surface area contributed by atoms with E-state index in [1.54, 1.807) is 0 Å². The molecule has 0 spiro atoms. The maximum Gasteiger partial charge on any atom is 0.124 e. The number of para-hydroxylation sites is 6. The highest BCUT2D eigenvalue weighted by molar-refractivity contribution is 5.77. The maximum absolute atomic E-state index is 5.04. The lowest BCUT2D eigenvalue weighted by atomic mass is 10.3. The second-order valence-electron chi connectivity index (χ2n) is 9.43. The molecule has 0 unspecified atom stereocenters. The van der Waals surface area contributed by atoms with Crippen LogP contribution in [-0.4, -0.2) is 33.6 Å². The Balaban J connectivity index is 1.42. The quantitative estimate of drug-likeness (QED) is 0.249. The van der Waals surface area contributed by atoms with Crippen LogP contribution in [0.5, 0.6) is 0 Å². The van der Waals surface area contributed by atoms with E-state index in [9.17, 15) is 0 Å². The van der Waals surface area contributed by atoms with Gasteiger partial charge >= 0.3 is 0 Å². The summed E-state index contributed by atoms with van der Waals surface area (Å²) in [5.74, 6) is 3.21. The van der Waals surface area contributed by atoms with Crippen LogP contribution in [0.3, 0.4) is 0 Å². The van der Waals surface area contributed by atoms with Crippen molar-refractivity contribution in [3.05, 3.63) is 90.3 Å². The van der Waals surface area contributed by atoms with E-state index in [2.05, 4.69) is 112 Å². The standard InChI is InChI=1S/C30H33N7/c1-4-35-25-16-10-7-13-22(25)31-28(35)19-34(20-29-32-23-14-8-11-17-26(23)36(29)5-2)21-30-33-24-15-9-12-18-27(24)37(30)6-3/h7-18H,4-6,19-21H2,1-3H3. The van der Waals surface area contributed by atoms with Crippen molar-refractivity contribution in [2.24, 2.45) is 0 Å². The fourth-order valence-electron chi connectivity index (χ4n) is 5.56. The number of nitrogens with zero attached hydrogens (tertiary/aromatic N) is 7. The third kappa shape index (κ3) is 4.19. The Morgan fingerprint density at radius 2 is 0.784 bits per heavy atom. The van der Waals surface area contributed by atoms with E-state index in [-0.39, 0.29) is 0 Å². The molecule has 188 valence electrons. The van der Waals surface area contributed by atoms with E-state index >= 15 is 0 Å². The van der Waals surface area contributed by atoms with Crippen molar-refractivity contribution < 1.29 is 0 Å². The topological polar surface area (TPSA) is 56.7 Å². The molecule has 6 rings (SSSR count). The SMILES string of the molecule is CCn1c(CN(Cc2nc3ccccc3n2CC)Cc2nc3ccccc3n2CC)nc2ccccc21. The zero-order chi connectivity index (χ0) is 25.4. The average Bonchev–Trinajstić information content (AvgIpc) is 3.58. The third-order valence-corrected chi connectivity index (χ3v) is 7.24. The summed E-state index contributed by atoms with van der Waals surface area (Å²) in [7, 11) is 0. The molecule has 3 aromatic carbocycles. The van der Waals surface area contributed by atoms with Gasteiger partial charge in [0.2, 0.25) is 0 Å². The van der Waals surface area contributed by atoms with Crippen LogP contribution in [0.4, 0.5) is 0 Å². The predicted octanol–water partition coefficient (Wildman–Crippen LogP) is 6.00. The fourth-order valence-corrected chi connectivity index (χ4v) is 5.56. The van der Waals surface area contributed by atoms with Gasteiger partial charge in [0, 0.05) is 19.6 Å². The molecule has 0 atom stereocenters. The minimum Gasteiger partial charge on any atom is -0.327 e. The molecule has 0 bridgehead atoms. The molecule has 0 fully saturated rings. The van der Waals surface area contributed by atoms with Crippen molar-refractivity contribution in [3.8, 4) is 0 Å². The summed E-state index contributed by atoms with van der Waals surface area (Å²) in [5, 5.41) is 0. The van der Waals surface area contributed by atoms with Gasteiger partial charge in [0.25, 0.3) is 0 Å². The Hall–Kier alpha value is -3.97. The Morgan fingerprint density at radius 1 is 0.486 bits per heavy atom. The van der Waals surface area contributed by atoms with Crippen molar-refractivity contribution in [2.45, 2.75) is 60.0 Å². The van der Waals surface area contributed by atoms with Crippen LogP contribution in [-0.2, 0) is 39.3 Å². The van der Waals surface area contributed by atoms with Crippen LogP contribution in [0.2, 0.25) is 0 Å². The first kappa shape index (κ1) is 23.4. The van der Waals surface area contributed by atoms with Crippen molar-refractivity contribution >= 4 is 33.1 Å². The van der Waals surface area contributed by atoms with Crippen molar-refractivity contribution in [3.63, 3.8) is 0 Å². The zero-order valence-electron chi connectivity index (χ0n) is 21.8. The van der Waals surface area contributed by atoms with E-state index in [4.69, 9.17) is 15.0 Å². The molecule has 3 aromatic heterocycles. The number of imidazole rings is 3. The molecule has 0 saturated carbocycles. The van der Waals surface area contributed by atoms with Gasteiger partial charge in [-0.05, 0) is 57.2 Å². The molecule has 0 aliphatic carbocycles. The minimum atomic E-state index is 0.711. The largest absolute Gasteiger partial charge is 0.327 e. The summed E-state index contributed by atoms with van der Waals surface area (Å²) in [6.45, 7) is 11.3. The first-order chi connectivity index (χ1) is 18.2. The number of aromatic nitrogens is 6. The van der Waals surface area contributed by atoms with Gasteiger partial charge in [0.1, 0.15) is 17.5 Å².